The fourth-order valence-electron chi connectivity index (χ4n) is 1.47. The highest BCUT2D eigenvalue weighted by molar-refractivity contribution is 5.96. The summed E-state index contributed by atoms with van der Waals surface area (Å²) in [6, 6.07) is 9.08. The lowest BCUT2D eigenvalue weighted by atomic mass is 10.00. The normalized spacial score (nSPS) is 16.6. The van der Waals surface area contributed by atoms with Crippen LogP contribution in [0.4, 0.5) is 0 Å². The molecule has 0 saturated heterocycles. The van der Waals surface area contributed by atoms with Crippen LogP contribution in [-0.4, -0.2) is 5.91 Å². The molecule has 0 aliphatic carbocycles. The highest BCUT2D eigenvalue weighted by atomic mass is 16.2. The molecule has 5 nitrogen and oxygen atoms in total. The monoisotopic (exact) mass is 202 g/mol. The van der Waals surface area contributed by atoms with Gasteiger partial charge in [0.15, 0.2) is 0 Å². The molecular formula is C10H10N4O. The first-order valence-corrected chi connectivity index (χ1v) is 4.49. The first-order valence-electron chi connectivity index (χ1n) is 4.49. The Morgan fingerprint density at radius 1 is 1.27 bits per heavy atom. The van der Waals surface area contributed by atoms with Crippen LogP contribution in [0, 0.1) is 0 Å². The number of azo groups is 1. The van der Waals surface area contributed by atoms with E-state index in [-0.39, 0.29) is 11.9 Å². The summed E-state index contributed by atoms with van der Waals surface area (Å²) in [4.78, 5) is 11.3. The van der Waals surface area contributed by atoms with Crippen LogP contribution >= 0.6 is 0 Å². The van der Waals surface area contributed by atoms with E-state index in [4.69, 9.17) is 5.84 Å². The van der Waals surface area contributed by atoms with E-state index in [1.54, 1.807) is 0 Å². The van der Waals surface area contributed by atoms with Gasteiger partial charge in [-0.15, -0.1) is 5.11 Å². The lowest BCUT2D eigenvalue weighted by Crippen LogP contribution is -2.30. The maximum absolute atomic E-state index is 11.3. The van der Waals surface area contributed by atoms with E-state index in [1.807, 2.05) is 30.3 Å². The maximum atomic E-state index is 11.3. The first kappa shape index (κ1) is 9.70. The second kappa shape index (κ2) is 4.12. The molecule has 0 radical (unpaired) electrons. The number of nitrogens with zero attached hydrogens (tertiary/aromatic N) is 2. The zero-order valence-electron chi connectivity index (χ0n) is 7.92. The van der Waals surface area contributed by atoms with E-state index < -0.39 is 0 Å². The van der Waals surface area contributed by atoms with Gasteiger partial charge in [0.2, 0.25) is 0 Å². The fraction of sp³-hybridized carbons (Fsp3) is 0.100. The summed E-state index contributed by atoms with van der Waals surface area (Å²) in [5.41, 5.74) is 3.95. The van der Waals surface area contributed by atoms with Crippen LogP contribution in [-0.2, 0) is 4.79 Å². The number of nitrogens with two attached hydrogens (primary N) is 1. The number of rotatable bonds is 3. The molecule has 1 atom stereocenters. The third-order valence-electron chi connectivity index (χ3n) is 2.20. The van der Waals surface area contributed by atoms with Crippen LogP contribution in [0.2, 0.25) is 0 Å². The molecule has 76 valence electrons. The number of hydrogen-bond acceptors (Lipinski definition) is 4. The quantitative estimate of drug-likeness (QED) is 0.568. The van der Waals surface area contributed by atoms with Crippen LogP contribution in [0.1, 0.15) is 11.6 Å². The van der Waals surface area contributed by atoms with Crippen molar-refractivity contribution in [3.05, 3.63) is 47.7 Å². The van der Waals surface area contributed by atoms with Crippen molar-refractivity contribution in [2.24, 2.45) is 16.1 Å². The number of benzene rings is 1. The zero-order chi connectivity index (χ0) is 10.7. The summed E-state index contributed by atoms with van der Waals surface area (Å²) in [6.07, 6.45) is 1.43. The number of hydrazine groups is 1. The van der Waals surface area contributed by atoms with Crippen molar-refractivity contribution >= 4 is 5.91 Å². The van der Waals surface area contributed by atoms with E-state index in [0.29, 0.717) is 5.57 Å². The fourth-order valence-corrected chi connectivity index (χ4v) is 1.47. The molecule has 0 aromatic heterocycles. The van der Waals surface area contributed by atoms with Gasteiger partial charge in [-0.05, 0) is 5.56 Å². The summed E-state index contributed by atoms with van der Waals surface area (Å²) in [6.45, 7) is 0. The minimum Gasteiger partial charge on any atom is -0.271 e. The summed E-state index contributed by atoms with van der Waals surface area (Å²) in [5, 5.41) is 6.97. The molecule has 0 spiro atoms. The molecule has 1 aliphatic rings. The van der Waals surface area contributed by atoms with Gasteiger partial charge in [0.05, 0.1) is 17.8 Å². The lowest BCUT2D eigenvalue weighted by molar-refractivity contribution is -0.114. The molecule has 5 heteroatoms. The molecule has 15 heavy (non-hydrogen) atoms. The third kappa shape index (κ3) is 1.83. The Bertz CT molecular complexity index is 424. The lowest BCUT2D eigenvalue weighted by Gasteiger charge is -2.15. The Balaban J connectivity index is 2.30. The van der Waals surface area contributed by atoms with Gasteiger partial charge in [-0.25, -0.2) is 5.43 Å². The van der Waals surface area contributed by atoms with Crippen molar-refractivity contribution in [2.75, 3.05) is 0 Å². The molecular weight excluding hydrogens is 192 g/mol. The third-order valence-corrected chi connectivity index (χ3v) is 2.20. The SMILES string of the molecule is NNC(C1=CN=NC1=O)c1ccccc1. The standard InChI is InChI=1S/C10H10N4O/c11-13-9(7-4-2-1-3-5-7)8-6-12-14-10(8)15/h1-6,9,13H,11H2. The average molecular weight is 202 g/mol. The number of amides is 1. The van der Waals surface area contributed by atoms with Crippen molar-refractivity contribution in [3.8, 4) is 0 Å². The molecule has 1 aromatic rings. The van der Waals surface area contributed by atoms with Gasteiger partial charge in [-0.3, -0.25) is 10.6 Å². The molecule has 0 fully saturated rings. The predicted octanol–water partition coefficient (Wildman–Crippen LogP) is 1.07. The molecule has 1 unspecified atom stereocenters. The summed E-state index contributed by atoms with van der Waals surface area (Å²) >= 11 is 0. The first-order chi connectivity index (χ1) is 7.33. The predicted molar refractivity (Wildman–Crippen MR) is 54.5 cm³/mol. The summed E-state index contributed by atoms with van der Waals surface area (Å²) in [5.74, 6) is 5.07. The van der Waals surface area contributed by atoms with Crippen LogP contribution in [0.5, 0.6) is 0 Å². The average Bonchev–Trinajstić information content (AvgIpc) is 2.68. The second-order valence-corrected chi connectivity index (χ2v) is 3.12. The van der Waals surface area contributed by atoms with E-state index in [0.717, 1.165) is 5.56 Å². The molecule has 0 bridgehead atoms. The number of hydrogen-bond donors (Lipinski definition) is 2. The molecule has 1 aliphatic heterocycles. The highest BCUT2D eigenvalue weighted by Crippen LogP contribution is 2.24. The Kier molecular flexibility index (Phi) is 2.66. The molecule has 1 aromatic carbocycles. The van der Waals surface area contributed by atoms with Gasteiger partial charge in [-0.1, -0.05) is 30.3 Å². The van der Waals surface area contributed by atoms with Crippen LogP contribution < -0.4 is 11.3 Å². The van der Waals surface area contributed by atoms with Crippen LogP contribution in [0.15, 0.2) is 52.3 Å². The Morgan fingerprint density at radius 2 is 2.00 bits per heavy atom. The minimum absolute atomic E-state index is 0.346. The Morgan fingerprint density at radius 3 is 2.53 bits per heavy atom. The number of carbonyl (C=O) groups excluding carboxylic acids is 1. The molecule has 3 N–H and O–H groups in total. The van der Waals surface area contributed by atoms with Gasteiger partial charge in [0, 0.05) is 0 Å². The smallest absolute Gasteiger partial charge is 0.271 e. The van der Waals surface area contributed by atoms with Crippen molar-refractivity contribution in [1.82, 2.24) is 5.43 Å². The van der Waals surface area contributed by atoms with E-state index >= 15 is 0 Å². The van der Waals surface area contributed by atoms with E-state index in [2.05, 4.69) is 15.7 Å². The Labute approximate surface area is 86.7 Å². The van der Waals surface area contributed by atoms with Crippen molar-refractivity contribution in [1.29, 1.82) is 0 Å². The zero-order valence-corrected chi connectivity index (χ0v) is 7.92. The summed E-state index contributed by atoms with van der Waals surface area (Å²) in [7, 11) is 0. The molecule has 0 saturated carbocycles. The summed E-state index contributed by atoms with van der Waals surface area (Å²) < 4.78 is 0. The minimum atomic E-state index is -0.353. The van der Waals surface area contributed by atoms with Gasteiger partial charge < -0.3 is 0 Å². The largest absolute Gasteiger partial charge is 0.294 e. The van der Waals surface area contributed by atoms with Crippen molar-refractivity contribution in [3.63, 3.8) is 0 Å². The Hall–Kier alpha value is -1.85. The van der Waals surface area contributed by atoms with Gasteiger partial charge in [0.25, 0.3) is 5.91 Å². The van der Waals surface area contributed by atoms with Gasteiger partial charge in [-0.2, -0.15) is 5.11 Å². The van der Waals surface area contributed by atoms with Crippen molar-refractivity contribution in [2.45, 2.75) is 6.04 Å². The molecule has 1 heterocycles. The van der Waals surface area contributed by atoms with Crippen molar-refractivity contribution < 1.29 is 4.79 Å². The number of nitrogens with one attached hydrogen (secondary N) is 1. The van der Waals surface area contributed by atoms with E-state index in [1.165, 1.54) is 6.20 Å². The topological polar surface area (TPSA) is 79.8 Å². The highest BCUT2D eigenvalue weighted by Gasteiger charge is 2.24. The van der Waals surface area contributed by atoms with Gasteiger partial charge in [0.1, 0.15) is 0 Å². The maximum Gasteiger partial charge on any atom is 0.294 e. The molecule has 2 rings (SSSR count). The van der Waals surface area contributed by atoms with Crippen LogP contribution in [0.3, 0.4) is 0 Å². The van der Waals surface area contributed by atoms with Crippen LogP contribution in [0.25, 0.3) is 0 Å². The van der Waals surface area contributed by atoms with E-state index in [9.17, 15) is 4.79 Å². The van der Waals surface area contributed by atoms with Gasteiger partial charge >= 0.3 is 0 Å². The molecule has 1 amide bonds. The second-order valence-electron chi connectivity index (χ2n) is 3.12. The number of carbonyl (C=O) groups is 1.